The average molecular weight is 244 g/mol. The van der Waals surface area contributed by atoms with E-state index in [9.17, 15) is 4.79 Å². The van der Waals surface area contributed by atoms with Gasteiger partial charge in [-0.25, -0.2) is 0 Å². The first-order valence-corrected chi connectivity index (χ1v) is 7.26. The van der Waals surface area contributed by atoms with E-state index in [1.165, 1.54) is 25.0 Å². The third kappa shape index (κ3) is 4.34. The molecule has 0 aromatic carbocycles. The van der Waals surface area contributed by atoms with Gasteiger partial charge in [0, 0.05) is 11.8 Å². The van der Waals surface area contributed by atoms with Gasteiger partial charge in [-0.2, -0.15) is 11.8 Å². The molecule has 2 N–H and O–H groups in total. The zero-order valence-corrected chi connectivity index (χ0v) is 11.5. The first kappa shape index (κ1) is 13.8. The maximum atomic E-state index is 11.9. The van der Waals surface area contributed by atoms with Gasteiger partial charge in [-0.15, -0.1) is 0 Å². The number of carbonyl (C=O) groups excluding carboxylic acids is 1. The predicted molar refractivity (Wildman–Crippen MR) is 70.9 cm³/mol. The lowest BCUT2D eigenvalue weighted by Crippen LogP contribution is -2.53. The fraction of sp³-hybridized carbons (Fsp3) is 0.917. The van der Waals surface area contributed by atoms with Crippen molar-refractivity contribution in [2.45, 2.75) is 50.8 Å². The van der Waals surface area contributed by atoms with E-state index in [4.69, 9.17) is 0 Å². The van der Waals surface area contributed by atoms with E-state index >= 15 is 0 Å². The van der Waals surface area contributed by atoms with Crippen molar-refractivity contribution < 1.29 is 4.79 Å². The van der Waals surface area contributed by atoms with Crippen LogP contribution in [0.4, 0.5) is 0 Å². The van der Waals surface area contributed by atoms with Crippen LogP contribution in [0, 0.1) is 0 Å². The van der Waals surface area contributed by atoms with Crippen LogP contribution < -0.4 is 10.6 Å². The molecule has 1 atom stereocenters. The summed E-state index contributed by atoms with van der Waals surface area (Å²) >= 11 is 1.99. The summed E-state index contributed by atoms with van der Waals surface area (Å²) in [7, 11) is 0. The van der Waals surface area contributed by atoms with Crippen LogP contribution in [-0.4, -0.2) is 35.5 Å². The molecule has 1 fully saturated rings. The van der Waals surface area contributed by atoms with Crippen molar-refractivity contribution >= 4 is 17.7 Å². The van der Waals surface area contributed by atoms with Crippen LogP contribution in [0.15, 0.2) is 0 Å². The molecule has 1 rings (SSSR count). The molecule has 1 aliphatic rings. The van der Waals surface area contributed by atoms with Gasteiger partial charge in [0.2, 0.25) is 5.91 Å². The third-order valence-corrected chi connectivity index (χ3v) is 4.35. The van der Waals surface area contributed by atoms with Crippen molar-refractivity contribution in [1.29, 1.82) is 0 Å². The SMILES string of the molecule is CCNC(C)(C)C(=O)NCC1CCCCS1. The van der Waals surface area contributed by atoms with E-state index < -0.39 is 5.54 Å². The lowest BCUT2D eigenvalue weighted by atomic mass is 10.0. The highest BCUT2D eigenvalue weighted by atomic mass is 32.2. The minimum Gasteiger partial charge on any atom is -0.353 e. The van der Waals surface area contributed by atoms with E-state index in [0.717, 1.165) is 13.1 Å². The molecule has 4 heteroatoms. The Balaban J connectivity index is 2.28. The molecule has 1 unspecified atom stereocenters. The summed E-state index contributed by atoms with van der Waals surface area (Å²) in [5, 5.41) is 6.87. The molecule has 0 aromatic rings. The van der Waals surface area contributed by atoms with Gasteiger partial charge in [-0.05, 0) is 39.0 Å². The van der Waals surface area contributed by atoms with Gasteiger partial charge in [0.05, 0.1) is 5.54 Å². The number of rotatable bonds is 5. The molecular weight excluding hydrogens is 220 g/mol. The number of hydrogen-bond acceptors (Lipinski definition) is 3. The van der Waals surface area contributed by atoms with Crippen molar-refractivity contribution in [3.05, 3.63) is 0 Å². The molecule has 0 aromatic heterocycles. The quantitative estimate of drug-likeness (QED) is 0.774. The third-order valence-electron chi connectivity index (χ3n) is 2.95. The molecular formula is C12H24N2OS. The van der Waals surface area contributed by atoms with Gasteiger partial charge in [0.15, 0.2) is 0 Å². The Kier molecular flexibility index (Phi) is 5.62. The fourth-order valence-corrected chi connectivity index (χ4v) is 3.16. The smallest absolute Gasteiger partial charge is 0.239 e. The van der Waals surface area contributed by atoms with Crippen LogP contribution in [0.1, 0.15) is 40.0 Å². The van der Waals surface area contributed by atoms with E-state index in [0.29, 0.717) is 5.25 Å². The normalized spacial score (nSPS) is 21.8. The zero-order chi connectivity index (χ0) is 12.0. The highest BCUT2D eigenvalue weighted by molar-refractivity contribution is 7.99. The monoisotopic (exact) mass is 244 g/mol. The molecule has 16 heavy (non-hydrogen) atoms. The highest BCUT2D eigenvalue weighted by Crippen LogP contribution is 2.24. The molecule has 1 aliphatic heterocycles. The van der Waals surface area contributed by atoms with Crippen LogP contribution in [0.5, 0.6) is 0 Å². The average Bonchev–Trinajstić information content (AvgIpc) is 2.27. The topological polar surface area (TPSA) is 41.1 Å². The predicted octanol–water partition coefficient (Wildman–Crippen LogP) is 1.78. The Labute approximate surface area is 103 Å². The molecule has 1 heterocycles. The molecule has 1 amide bonds. The molecule has 0 bridgehead atoms. The van der Waals surface area contributed by atoms with Crippen LogP contribution in [0.3, 0.4) is 0 Å². The van der Waals surface area contributed by atoms with E-state index in [-0.39, 0.29) is 5.91 Å². The number of amides is 1. The van der Waals surface area contributed by atoms with Crippen molar-refractivity contribution in [2.24, 2.45) is 0 Å². The Morgan fingerprint density at radius 3 is 2.75 bits per heavy atom. The second kappa shape index (κ2) is 6.50. The lowest BCUT2D eigenvalue weighted by molar-refractivity contribution is -0.126. The lowest BCUT2D eigenvalue weighted by Gasteiger charge is -2.27. The van der Waals surface area contributed by atoms with Crippen LogP contribution in [0.2, 0.25) is 0 Å². The minimum atomic E-state index is -0.450. The number of likely N-dealkylation sites (N-methyl/N-ethyl adjacent to an activating group) is 1. The Morgan fingerprint density at radius 1 is 1.44 bits per heavy atom. The summed E-state index contributed by atoms with van der Waals surface area (Å²) in [6, 6.07) is 0. The van der Waals surface area contributed by atoms with Crippen LogP contribution in [-0.2, 0) is 4.79 Å². The van der Waals surface area contributed by atoms with Crippen LogP contribution in [0.25, 0.3) is 0 Å². The van der Waals surface area contributed by atoms with Gasteiger partial charge in [0.25, 0.3) is 0 Å². The summed E-state index contributed by atoms with van der Waals surface area (Å²) < 4.78 is 0. The van der Waals surface area contributed by atoms with E-state index in [2.05, 4.69) is 10.6 Å². The summed E-state index contributed by atoms with van der Waals surface area (Å²) in [6.45, 7) is 7.52. The molecule has 0 spiro atoms. The Morgan fingerprint density at radius 2 is 2.19 bits per heavy atom. The Hall–Kier alpha value is -0.220. The minimum absolute atomic E-state index is 0.112. The second-order valence-corrected chi connectivity index (χ2v) is 6.26. The Bertz CT molecular complexity index is 225. The summed E-state index contributed by atoms with van der Waals surface area (Å²) in [4.78, 5) is 11.9. The summed E-state index contributed by atoms with van der Waals surface area (Å²) in [6.07, 6.45) is 3.88. The molecule has 1 saturated heterocycles. The van der Waals surface area contributed by atoms with Gasteiger partial charge < -0.3 is 10.6 Å². The first-order chi connectivity index (χ1) is 7.56. The standard InChI is InChI=1S/C12H24N2OS/c1-4-14-12(2,3)11(15)13-9-10-7-5-6-8-16-10/h10,14H,4-9H2,1-3H3,(H,13,15). The van der Waals surface area contributed by atoms with Gasteiger partial charge >= 0.3 is 0 Å². The second-order valence-electron chi connectivity index (χ2n) is 4.85. The van der Waals surface area contributed by atoms with Crippen molar-refractivity contribution in [3.63, 3.8) is 0 Å². The van der Waals surface area contributed by atoms with Crippen molar-refractivity contribution in [1.82, 2.24) is 10.6 Å². The number of nitrogens with one attached hydrogen (secondary N) is 2. The molecule has 0 saturated carbocycles. The number of carbonyl (C=O) groups is 1. The van der Waals surface area contributed by atoms with Gasteiger partial charge in [-0.1, -0.05) is 13.3 Å². The maximum absolute atomic E-state index is 11.9. The number of hydrogen-bond donors (Lipinski definition) is 2. The van der Waals surface area contributed by atoms with Crippen molar-refractivity contribution in [3.8, 4) is 0 Å². The van der Waals surface area contributed by atoms with E-state index in [1.807, 2.05) is 32.5 Å². The highest BCUT2D eigenvalue weighted by Gasteiger charge is 2.26. The molecule has 0 aliphatic carbocycles. The zero-order valence-electron chi connectivity index (χ0n) is 10.6. The van der Waals surface area contributed by atoms with Crippen LogP contribution >= 0.6 is 11.8 Å². The van der Waals surface area contributed by atoms with Gasteiger partial charge in [-0.3, -0.25) is 4.79 Å². The van der Waals surface area contributed by atoms with Crippen molar-refractivity contribution in [2.75, 3.05) is 18.8 Å². The summed E-state index contributed by atoms with van der Waals surface area (Å²) in [5.74, 6) is 1.36. The molecule has 3 nitrogen and oxygen atoms in total. The van der Waals surface area contributed by atoms with E-state index in [1.54, 1.807) is 0 Å². The molecule has 0 radical (unpaired) electrons. The maximum Gasteiger partial charge on any atom is 0.239 e. The summed E-state index contributed by atoms with van der Waals surface area (Å²) in [5.41, 5.74) is -0.450. The number of thioether (sulfide) groups is 1. The van der Waals surface area contributed by atoms with Gasteiger partial charge in [0.1, 0.15) is 0 Å². The fourth-order valence-electron chi connectivity index (χ4n) is 1.92. The molecule has 94 valence electrons. The first-order valence-electron chi connectivity index (χ1n) is 6.21. The largest absolute Gasteiger partial charge is 0.353 e.